The van der Waals surface area contributed by atoms with Gasteiger partial charge in [-0.1, -0.05) is 25.5 Å². The molecule has 0 spiro atoms. The van der Waals surface area contributed by atoms with Crippen LogP contribution in [0.3, 0.4) is 0 Å². The minimum absolute atomic E-state index is 0.0129. The number of nitrogens with zero attached hydrogens (tertiary/aromatic N) is 1. The summed E-state index contributed by atoms with van der Waals surface area (Å²) in [5.41, 5.74) is 2.10. The zero-order valence-corrected chi connectivity index (χ0v) is 12.5. The van der Waals surface area contributed by atoms with Crippen molar-refractivity contribution in [2.24, 2.45) is 0 Å². The molecule has 1 aliphatic heterocycles. The Labute approximate surface area is 125 Å². The van der Waals surface area contributed by atoms with Crippen LogP contribution < -0.4 is 5.32 Å². The molecule has 1 fully saturated rings. The van der Waals surface area contributed by atoms with Crippen molar-refractivity contribution >= 4 is 11.6 Å². The van der Waals surface area contributed by atoms with Gasteiger partial charge in [0.1, 0.15) is 0 Å². The number of ether oxygens (including phenoxy) is 1. The van der Waals surface area contributed by atoms with Gasteiger partial charge in [-0.25, -0.2) is 0 Å². The van der Waals surface area contributed by atoms with Crippen LogP contribution in [0.5, 0.6) is 0 Å². The number of rotatable bonds is 6. The highest BCUT2D eigenvalue weighted by Gasteiger charge is 2.24. The summed E-state index contributed by atoms with van der Waals surface area (Å²) in [5, 5.41) is 12.2. The Morgan fingerprint density at radius 1 is 1.43 bits per heavy atom. The van der Waals surface area contributed by atoms with E-state index in [0.29, 0.717) is 19.8 Å². The second-order valence-electron chi connectivity index (χ2n) is 5.38. The third-order valence-corrected chi connectivity index (χ3v) is 3.68. The molecular formula is C16H24N2O3. The molecule has 1 amide bonds. The molecule has 0 radical (unpaired) electrons. The standard InChI is InChI=1S/C16H24N2O3/c1-2-3-13-4-6-14(7-5-13)17-16(20)10-18-8-9-21-12-15(18)11-19/h4-7,15,19H,2-3,8-12H2,1H3,(H,17,20). The highest BCUT2D eigenvalue weighted by atomic mass is 16.5. The Morgan fingerprint density at radius 2 is 2.19 bits per heavy atom. The van der Waals surface area contributed by atoms with Gasteiger partial charge in [0, 0.05) is 12.2 Å². The van der Waals surface area contributed by atoms with Gasteiger partial charge in [-0.15, -0.1) is 0 Å². The van der Waals surface area contributed by atoms with Crippen molar-refractivity contribution in [2.75, 3.05) is 38.2 Å². The van der Waals surface area contributed by atoms with Crippen LogP contribution in [0, 0.1) is 0 Å². The maximum absolute atomic E-state index is 12.1. The molecule has 1 aromatic carbocycles. The zero-order chi connectivity index (χ0) is 15.1. The second kappa shape index (κ2) is 8.12. The number of morpholine rings is 1. The molecule has 0 bridgehead atoms. The molecule has 1 unspecified atom stereocenters. The van der Waals surface area contributed by atoms with Gasteiger partial charge >= 0.3 is 0 Å². The number of anilines is 1. The third kappa shape index (κ3) is 4.81. The minimum atomic E-state index is -0.0866. The molecule has 1 aromatic rings. The molecule has 0 saturated carbocycles. The van der Waals surface area contributed by atoms with E-state index in [-0.39, 0.29) is 25.1 Å². The van der Waals surface area contributed by atoms with E-state index in [2.05, 4.69) is 12.2 Å². The molecule has 116 valence electrons. The summed E-state index contributed by atoms with van der Waals surface area (Å²) in [6.07, 6.45) is 2.17. The second-order valence-corrected chi connectivity index (χ2v) is 5.38. The summed E-state index contributed by atoms with van der Waals surface area (Å²) in [6, 6.07) is 7.88. The molecule has 1 heterocycles. The van der Waals surface area contributed by atoms with Crippen LogP contribution >= 0.6 is 0 Å². The fourth-order valence-corrected chi connectivity index (χ4v) is 2.49. The number of aryl methyl sites for hydroxylation is 1. The number of aliphatic hydroxyl groups excluding tert-OH is 1. The maximum Gasteiger partial charge on any atom is 0.238 e. The molecule has 5 nitrogen and oxygen atoms in total. The van der Waals surface area contributed by atoms with E-state index < -0.39 is 0 Å². The number of carbonyl (C=O) groups is 1. The van der Waals surface area contributed by atoms with Crippen LogP contribution in [0.2, 0.25) is 0 Å². The first-order valence-corrected chi connectivity index (χ1v) is 7.54. The van der Waals surface area contributed by atoms with Crippen molar-refractivity contribution in [3.8, 4) is 0 Å². The molecule has 21 heavy (non-hydrogen) atoms. The maximum atomic E-state index is 12.1. The van der Waals surface area contributed by atoms with Crippen LogP contribution in [-0.4, -0.2) is 54.9 Å². The van der Waals surface area contributed by atoms with E-state index in [9.17, 15) is 9.90 Å². The Kier molecular flexibility index (Phi) is 6.17. The lowest BCUT2D eigenvalue weighted by atomic mass is 10.1. The topological polar surface area (TPSA) is 61.8 Å². The first kappa shape index (κ1) is 15.9. The first-order chi connectivity index (χ1) is 10.2. The van der Waals surface area contributed by atoms with E-state index >= 15 is 0 Å². The van der Waals surface area contributed by atoms with E-state index in [1.165, 1.54) is 5.56 Å². The van der Waals surface area contributed by atoms with Gasteiger partial charge in [0.2, 0.25) is 5.91 Å². The Bertz CT molecular complexity index is 447. The molecule has 1 aliphatic rings. The number of hydrogen-bond donors (Lipinski definition) is 2. The molecule has 0 aromatic heterocycles. The lowest BCUT2D eigenvalue weighted by Crippen LogP contribution is -2.50. The van der Waals surface area contributed by atoms with Crippen LogP contribution in [0.1, 0.15) is 18.9 Å². The van der Waals surface area contributed by atoms with Crippen molar-refractivity contribution in [3.63, 3.8) is 0 Å². The van der Waals surface area contributed by atoms with Crippen LogP contribution in [0.25, 0.3) is 0 Å². The van der Waals surface area contributed by atoms with Crippen LogP contribution in [0.15, 0.2) is 24.3 Å². The van der Waals surface area contributed by atoms with E-state index in [4.69, 9.17) is 4.74 Å². The fourth-order valence-electron chi connectivity index (χ4n) is 2.49. The highest BCUT2D eigenvalue weighted by Crippen LogP contribution is 2.12. The summed E-state index contributed by atoms with van der Waals surface area (Å²) in [4.78, 5) is 14.0. The van der Waals surface area contributed by atoms with Crippen molar-refractivity contribution in [1.82, 2.24) is 4.90 Å². The van der Waals surface area contributed by atoms with Crippen molar-refractivity contribution < 1.29 is 14.6 Å². The van der Waals surface area contributed by atoms with Gasteiger partial charge in [0.25, 0.3) is 0 Å². The lowest BCUT2D eigenvalue weighted by molar-refractivity contribution is -0.120. The first-order valence-electron chi connectivity index (χ1n) is 7.54. The number of nitrogens with one attached hydrogen (secondary N) is 1. The van der Waals surface area contributed by atoms with Gasteiger partial charge in [-0.05, 0) is 24.1 Å². The quantitative estimate of drug-likeness (QED) is 0.829. The number of amides is 1. The van der Waals surface area contributed by atoms with Crippen molar-refractivity contribution in [3.05, 3.63) is 29.8 Å². The summed E-state index contributed by atoms with van der Waals surface area (Å²) in [6.45, 7) is 4.21. The van der Waals surface area contributed by atoms with E-state index in [1.54, 1.807) is 0 Å². The van der Waals surface area contributed by atoms with Crippen molar-refractivity contribution in [2.45, 2.75) is 25.8 Å². The molecule has 5 heteroatoms. The van der Waals surface area contributed by atoms with Crippen molar-refractivity contribution in [1.29, 1.82) is 0 Å². The van der Waals surface area contributed by atoms with E-state index in [0.717, 1.165) is 18.5 Å². The normalized spacial score (nSPS) is 19.4. The average molecular weight is 292 g/mol. The monoisotopic (exact) mass is 292 g/mol. The summed E-state index contributed by atoms with van der Waals surface area (Å²) < 4.78 is 5.31. The predicted molar refractivity (Wildman–Crippen MR) is 82.3 cm³/mol. The molecular weight excluding hydrogens is 268 g/mol. The predicted octanol–water partition coefficient (Wildman–Crippen LogP) is 1.27. The molecule has 2 N–H and O–H groups in total. The lowest BCUT2D eigenvalue weighted by Gasteiger charge is -2.33. The van der Waals surface area contributed by atoms with Gasteiger partial charge in [-0.3, -0.25) is 9.69 Å². The van der Waals surface area contributed by atoms with E-state index in [1.807, 2.05) is 29.2 Å². The molecule has 0 aliphatic carbocycles. The van der Waals surface area contributed by atoms with Gasteiger partial charge < -0.3 is 15.2 Å². The Hall–Kier alpha value is -1.43. The summed E-state index contributed by atoms with van der Waals surface area (Å²) >= 11 is 0. The van der Waals surface area contributed by atoms with Crippen LogP contribution in [-0.2, 0) is 16.0 Å². The zero-order valence-electron chi connectivity index (χ0n) is 12.5. The Morgan fingerprint density at radius 3 is 2.86 bits per heavy atom. The largest absolute Gasteiger partial charge is 0.395 e. The Balaban J connectivity index is 1.85. The minimum Gasteiger partial charge on any atom is -0.395 e. The SMILES string of the molecule is CCCc1ccc(NC(=O)CN2CCOCC2CO)cc1. The molecule has 1 atom stereocenters. The summed E-state index contributed by atoms with van der Waals surface area (Å²) in [7, 11) is 0. The summed E-state index contributed by atoms with van der Waals surface area (Å²) in [5.74, 6) is -0.0569. The third-order valence-electron chi connectivity index (χ3n) is 3.68. The molecule has 1 saturated heterocycles. The average Bonchev–Trinajstić information content (AvgIpc) is 2.50. The number of hydrogen-bond acceptors (Lipinski definition) is 4. The fraction of sp³-hybridized carbons (Fsp3) is 0.562. The number of aliphatic hydroxyl groups is 1. The van der Waals surface area contributed by atoms with Gasteiger partial charge in [0.05, 0.1) is 32.4 Å². The van der Waals surface area contributed by atoms with Gasteiger partial charge in [-0.2, -0.15) is 0 Å². The molecule has 2 rings (SSSR count). The number of benzene rings is 1. The highest BCUT2D eigenvalue weighted by molar-refractivity contribution is 5.92. The smallest absolute Gasteiger partial charge is 0.238 e. The van der Waals surface area contributed by atoms with Crippen LogP contribution in [0.4, 0.5) is 5.69 Å². The van der Waals surface area contributed by atoms with Gasteiger partial charge in [0.15, 0.2) is 0 Å². The number of carbonyl (C=O) groups excluding carboxylic acids is 1.